The monoisotopic (exact) mass is 298 g/mol. The highest BCUT2D eigenvalue weighted by Gasteiger charge is 2.55. The van der Waals surface area contributed by atoms with E-state index in [0.29, 0.717) is 5.78 Å². The van der Waals surface area contributed by atoms with Gasteiger partial charge >= 0.3 is 0 Å². The van der Waals surface area contributed by atoms with Crippen LogP contribution in [0.5, 0.6) is 0 Å². The van der Waals surface area contributed by atoms with E-state index in [0.717, 1.165) is 24.3 Å². The third-order valence-electron chi connectivity index (χ3n) is 6.52. The first-order valence-electron chi connectivity index (χ1n) is 9.06. The lowest BCUT2D eigenvalue weighted by Crippen LogP contribution is -2.90. The number of hydrogen-bond acceptors (Lipinski definition) is 1. The summed E-state index contributed by atoms with van der Waals surface area (Å²) in [5, 5.41) is 2.25. The number of ketones is 1. The van der Waals surface area contributed by atoms with Gasteiger partial charge in [0.2, 0.25) is 0 Å². The van der Waals surface area contributed by atoms with Crippen LogP contribution in [0.15, 0.2) is 30.3 Å². The highest BCUT2D eigenvalue weighted by Crippen LogP contribution is 2.60. The molecule has 22 heavy (non-hydrogen) atoms. The fourth-order valence-corrected chi connectivity index (χ4v) is 5.93. The quantitative estimate of drug-likeness (QED) is 0.891. The third-order valence-corrected chi connectivity index (χ3v) is 6.52. The van der Waals surface area contributed by atoms with E-state index in [9.17, 15) is 4.79 Å². The molecule has 118 valence electrons. The van der Waals surface area contributed by atoms with Crippen LogP contribution in [-0.2, 0) is 11.3 Å². The lowest BCUT2D eigenvalue weighted by atomic mass is 9.48. The van der Waals surface area contributed by atoms with Gasteiger partial charge < -0.3 is 5.32 Å². The number of quaternary nitrogens is 1. The molecule has 0 heterocycles. The summed E-state index contributed by atoms with van der Waals surface area (Å²) in [6.07, 6.45) is 7.82. The number of carbonyl (C=O) groups excluding carboxylic acids is 1. The molecule has 1 aromatic rings. The minimum atomic E-state index is 0.0569. The van der Waals surface area contributed by atoms with Crippen molar-refractivity contribution in [3.8, 4) is 0 Å². The second kappa shape index (κ2) is 5.49. The van der Waals surface area contributed by atoms with E-state index in [1.807, 2.05) is 6.07 Å². The summed E-state index contributed by atoms with van der Waals surface area (Å²) < 4.78 is 0. The molecule has 4 saturated carbocycles. The highest BCUT2D eigenvalue weighted by atomic mass is 16.1. The van der Waals surface area contributed by atoms with E-state index in [1.165, 1.54) is 44.1 Å². The number of benzene rings is 1. The Morgan fingerprint density at radius 1 is 1.09 bits per heavy atom. The Labute approximate surface area is 133 Å². The van der Waals surface area contributed by atoms with Crippen LogP contribution in [0, 0.1) is 23.2 Å². The molecule has 2 nitrogen and oxygen atoms in total. The van der Waals surface area contributed by atoms with Crippen molar-refractivity contribution in [1.29, 1.82) is 0 Å². The molecular formula is C20H28NO+. The highest BCUT2D eigenvalue weighted by molar-refractivity contribution is 5.88. The summed E-state index contributed by atoms with van der Waals surface area (Å²) in [5.74, 6) is 3.13. The molecule has 0 aliphatic heterocycles. The van der Waals surface area contributed by atoms with Gasteiger partial charge in [-0.25, -0.2) is 0 Å². The van der Waals surface area contributed by atoms with Crippen molar-refractivity contribution in [3.63, 3.8) is 0 Å². The molecule has 4 aliphatic rings. The number of carbonyl (C=O) groups is 1. The molecule has 0 spiro atoms. The van der Waals surface area contributed by atoms with Gasteiger partial charge in [0.1, 0.15) is 12.6 Å². The molecule has 0 aromatic heterocycles. The Bertz CT molecular complexity index is 515. The molecule has 0 radical (unpaired) electrons. The van der Waals surface area contributed by atoms with Crippen molar-refractivity contribution in [2.24, 2.45) is 23.2 Å². The van der Waals surface area contributed by atoms with Gasteiger partial charge in [0.05, 0.1) is 0 Å². The molecule has 2 N–H and O–H groups in total. The summed E-state index contributed by atoms with van der Waals surface area (Å²) in [7, 11) is 0. The van der Waals surface area contributed by atoms with Crippen LogP contribution in [0.3, 0.4) is 0 Å². The van der Waals surface area contributed by atoms with Gasteiger partial charge in [0, 0.05) is 11.0 Å². The van der Waals surface area contributed by atoms with Crippen molar-refractivity contribution >= 4 is 5.78 Å². The minimum absolute atomic E-state index is 0.0569. The van der Waals surface area contributed by atoms with Gasteiger partial charge in [-0.3, -0.25) is 4.79 Å². The topological polar surface area (TPSA) is 33.7 Å². The van der Waals surface area contributed by atoms with E-state index in [-0.39, 0.29) is 11.5 Å². The maximum Gasteiger partial charge on any atom is 0.195 e. The normalized spacial score (nSPS) is 37.2. The fourth-order valence-electron chi connectivity index (χ4n) is 5.93. The van der Waals surface area contributed by atoms with Crippen LogP contribution in [0.4, 0.5) is 0 Å². The van der Waals surface area contributed by atoms with E-state index < -0.39 is 0 Å². The predicted molar refractivity (Wildman–Crippen MR) is 87.1 cm³/mol. The van der Waals surface area contributed by atoms with Gasteiger partial charge in [-0.05, 0) is 63.2 Å². The maximum atomic E-state index is 13.2. The number of rotatable bonds is 5. The summed E-state index contributed by atoms with van der Waals surface area (Å²) >= 11 is 0. The lowest BCUT2D eigenvalue weighted by Gasteiger charge is -2.56. The Kier molecular flexibility index (Phi) is 3.60. The largest absolute Gasteiger partial charge is 0.334 e. The Hall–Kier alpha value is -1.15. The first kappa shape index (κ1) is 14.4. The van der Waals surface area contributed by atoms with Crippen molar-refractivity contribution in [1.82, 2.24) is 0 Å². The zero-order chi connectivity index (χ0) is 15.2. The zero-order valence-electron chi connectivity index (χ0n) is 13.6. The van der Waals surface area contributed by atoms with Crippen LogP contribution in [0.1, 0.15) is 51.0 Å². The van der Waals surface area contributed by atoms with Crippen molar-refractivity contribution in [3.05, 3.63) is 35.9 Å². The number of hydrogen-bond donors (Lipinski definition) is 1. The van der Waals surface area contributed by atoms with Crippen LogP contribution >= 0.6 is 0 Å². The Morgan fingerprint density at radius 3 is 2.18 bits per heavy atom. The van der Waals surface area contributed by atoms with Crippen LogP contribution in [-0.4, -0.2) is 11.8 Å². The molecule has 0 amide bonds. The Balaban J connectivity index is 1.43. The summed E-state index contributed by atoms with van der Waals surface area (Å²) in [6.45, 7) is 3.05. The fraction of sp³-hybridized carbons (Fsp3) is 0.650. The van der Waals surface area contributed by atoms with Crippen LogP contribution in [0.2, 0.25) is 0 Å². The van der Waals surface area contributed by atoms with Gasteiger partial charge in [0.25, 0.3) is 0 Å². The minimum Gasteiger partial charge on any atom is -0.334 e. The van der Waals surface area contributed by atoms with Crippen LogP contribution < -0.4 is 5.32 Å². The summed E-state index contributed by atoms with van der Waals surface area (Å²) in [5.41, 5.74) is 1.37. The van der Waals surface area contributed by atoms with Crippen molar-refractivity contribution < 1.29 is 10.1 Å². The smallest absolute Gasteiger partial charge is 0.195 e. The standard InChI is InChI=1S/C20H27NO/c1-14(21-13-15-5-3-2-4-6-15)19(22)20-10-16-7-17(11-20)9-18(8-16)12-20/h2-6,14,16-18,21H,7-13H2,1H3/p+1/t14-,16?,17?,18?,20?/m1/s1. The first-order chi connectivity index (χ1) is 10.6. The molecule has 1 aromatic carbocycles. The molecule has 4 bridgehead atoms. The zero-order valence-corrected chi connectivity index (χ0v) is 13.6. The summed E-state index contributed by atoms with van der Waals surface area (Å²) in [6, 6.07) is 10.6. The molecule has 1 atom stereocenters. The molecule has 4 fully saturated rings. The molecule has 0 saturated heterocycles. The van der Waals surface area contributed by atoms with Gasteiger partial charge in [-0.2, -0.15) is 0 Å². The second-order valence-electron chi connectivity index (χ2n) is 8.28. The lowest BCUT2D eigenvalue weighted by molar-refractivity contribution is -0.689. The van der Waals surface area contributed by atoms with Gasteiger partial charge in [0.15, 0.2) is 5.78 Å². The van der Waals surface area contributed by atoms with E-state index >= 15 is 0 Å². The van der Waals surface area contributed by atoms with E-state index in [4.69, 9.17) is 0 Å². The first-order valence-corrected chi connectivity index (χ1v) is 9.06. The number of Topliss-reactive ketones (excluding diaryl/α,β-unsaturated/α-hetero) is 1. The molecule has 2 heteroatoms. The second-order valence-corrected chi connectivity index (χ2v) is 8.28. The third kappa shape index (κ3) is 2.52. The number of nitrogens with two attached hydrogens (primary N) is 1. The Morgan fingerprint density at radius 2 is 1.64 bits per heavy atom. The van der Waals surface area contributed by atoms with E-state index in [2.05, 4.69) is 36.5 Å². The van der Waals surface area contributed by atoms with Gasteiger partial charge in [-0.1, -0.05) is 30.3 Å². The van der Waals surface area contributed by atoms with Crippen molar-refractivity contribution in [2.45, 2.75) is 58.0 Å². The average Bonchev–Trinajstić information content (AvgIpc) is 2.51. The molecular weight excluding hydrogens is 270 g/mol. The summed E-state index contributed by atoms with van der Waals surface area (Å²) in [4.78, 5) is 13.2. The van der Waals surface area contributed by atoms with Crippen molar-refractivity contribution in [2.75, 3.05) is 0 Å². The average molecular weight is 298 g/mol. The SMILES string of the molecule is C[C@@H]([NH2+]Cc1ccccc1)C(=O)C12CC3CC(CC(C3)C1)C2. The molecule has 0 unspecified atom stereocenters. The van der Waals surface area contributed by atoms with Gasteiger partial charge in [-0.15, -0.1) is 0 Å². The van der Waals surface area contributed by atoms with Crippen LogP contribution in [0.25, 0.3) is 0 Å². The van der Waals surface area contributed by atoms with E-state index in [1.54, 1.807) is 0 Å². The molecule has 5 rings (SSSR count). The predicted octanol–water partition coefficient (Wildman–Crippen LogP) is 2.92. The molecule has 4 aliphatic carbocycles. The maximum absolute atomic E-state index is 13.2.